The van der Waals surface area contributed by atoms with Crippen LogP contribution in [0.3, 0.4) is 0 Å². The predicted molar refractivity (Wildman–Crippen MR) is 332 cm³/mol. The van der Waals surface area contributed by atoms with Crippen LogP contribution in [0.4, 0.5) is 0 Å². The van der Waals surface area contributed by atoms with Crippen LogP contribution in [0.15, 0.2) is 24.3 Å². The zero-order valence-electron chi connectivity index (χ0n) is 51.8. The maximum atomic E-state index is 13.0. The second-order valence-corrected chi connectivity index (χ2v) is 26.0. The van der Waals surface area contributed by atoms with Crippen molar-refractivity contribution in [2.45, 2.75) is 360 Å². The molecule has 0 saturated heterocycles. The van der Waals surface area contributed by atoms with Gasteiger partial charge < -0.3 is 19.8 Å². The molecule has 0 aromatic heterocycles. The number of carbonyl (C=O) groups is 1. The van der Waals surface area contributed by atoms with Crippen LogP contribution in [0.5, 0.6) is 0 Å². The van der Waals surface area contributed by atoms with Crippen LogP contribution in [-0.4, -0.2) is 73.4 Å². The molecule has 0 heterocycles. The predicted octanol–water partition coefficient (Wildman–Crippen LogP) is 21.1. The summed E-state index contributed by atoms with van der Waals surface area (Å²) in [5.41, 5.74) is 0. The lowest BCUT2D eigenvalue weighted by molar-refractivity contribution is -0.870. The molecule has 9 heteroatoms. The first-order chi connectivity index (χ1) is 37.0. The fraction of sp³-hybridized carbons (Fsp3) is 0.925. The third kappa shape index (κ3) is 60.6. The molecule has 8 nitrogen and oxygen atoms in total. The van der Waals surface area contributed by atoms with Crippen LogP contribution in [0.1, 0.15) is 348 Å². The SMILES string of the molecule is CCCCCCCCCCCCCCCCC/C=C/CC/C=C/C(O)C(COP(=O)(O)OCC[N+](C)(C)C)NC(=O)CCCCCCCCCCCCCCCCCCCCCCCCCCCCCCCCCCC. The lowest BCUT2D eigenvalue weighted by atomic mass is 10.0. The van der Waals surface area contributed by atoms with Crippen LogP contribution in [0.2, 0.25) is 0 Å². The highest BCUT2D eigenvalue weighted by Gasteiger charge is 2.28. The Kier molecular flexibility index (Phi) is 57.8. The van der Waals surface area contributed by atoms with Crippen molar-refractivity contribution in [3.63, 3.8) is 0 Å². The number of rotatable bonds is 63. The Morgan fingerprint density at radius 2 is 0.724 bits per heavy atom. The quantitative estimate of drug-likeness (QED) is 0.0243. The molecule has 0 saturated carbocycles. The topological polar surface area (TPSA) is 105 Å². The van der Waals surface area contributed by atoms with Crippen molar-refractivity contribution in [2.75, 3.05) is 40.9 Å². The monoisotopic (exact) mass is 1090 g/mol. The van der Waals surface area contributed by atoms with Crippen molar-refractivity contribution in [1.29, 1.82) is 0 Å². The van der Waals surface area contributed by atoms with Gasteiger partial charge in [0.15, 0.2) is 0 Å². The average molecular weight is 1090 g/mol. The van der Waals surface area contributed by atoms with Gasteiger partial charge in [0.1, 0.15) is 13.2 Å². The highest BCUT2D eigenvalue weighted by atomic mass is 31.2. The number of unbranched alkanes of at least 4 members (excludes halogenated alkanes) is 48. The standard InChI is InChI=1S/C67H133N2O6P/c1-6-8-10-12-14-16-18-20-22-24-26-28-29-30-31-32-33-34-35-36-37-38-39-41-43-45-47-49-51-53-55-57-59-61-67(71)68-65(64-75-76(72,73)74-63-62-69(3,4)5)66(70)60-58-56-54-52-50-48-46-44-42-40-27-25-23-21-19-17-15-13-11-9-7-2/h50,52,58,60,65-66,70H,6-49,51,53-57,59,61-64H2,1-5H3,(H-,68,71,72,73)/p+1/b52-50+,60-58+. The fourth-order valence-corrected chi connectivity index (χ4v) is 11.2. The number of hydrogen-bond donors (Lipinski definition) is 3. The molecule has 0 rings (SSSR count). The first-order valence-electron chi connectivity index (χ1n) is 33.7. The third-order valence-electron chi connectivity index (χ3n) is 15.7. The fourth-order valence-electron chi connectivity index (χ4n) is 10.4. The van der Waals surface area contributed by atoms with Crippen molar-refractivity contribution in [3.05, 3.63) is 24.3 Å². The van der Waals surface area contributed by atoms with Crippen LogP contribution in [-0.2, 0) is 18.4 Å². The number of quaternary nitrogens is 1. The van der Waals surface area contributed by atoms with E-state index < -0.39 is 20.0 Å². The Morgan fingerprint density at radius 3 is 1.05 bits per heavy atom. The van der Waals surface area contributed by atoms with Crippen LogP contribution in [0, 0.1) is 0 Å². The molecular weight excluding hydrogens is 960 g/mol. The maximum absolute atomic E-state index is 13.0. The van der Waals surface area contributed by atoms with E-state index in [0.29, 0.717) is 17.4 Å². The number of phosphoric acid groups is 1. The van der Waals surface area contributed by atoms with Gasteiger partial charge >= 0.3 is 7.82 Å². The molecule has 76 heavy (non-hydrogen) atoms. The molecule has 3 atom stereocenters. The first kappa shape index (κ1) is 75.0. The third-order valence-corrected chi connectivity index (χ3v) is 16.7. The Hall–Kier alpha value is -1.02. The number of likely N-dealkylation sites (N-methyl/N-ethyl adjacent to an activating group) is 1. The molecule has 0 aliphatic carbocycles. The average Bonchev–Trinajstić information content (AvgIpc) is 3.38. The summed E-state index contributed by atoms with van der Waals surface area (Å²) in [5.74, 6) is -0.178. The molecule has 3 unspecified atom stereocenters. The number of aliphatic hydroxyl groups is 1. The summed E-state index contributed by atoms with van der Waals surface area (Å²) in [5, 5.41) is 14.0. The van der Waals surface area contributed by atoms with E-state index in [1.807, 2.05) is 27.2 Å². The summed E-state index contributed by atoms with van der Waals surface area (Å²) in [4.78, 5) is 23.4. The van der Waals surface area contributed by atoms with E-state index in [2.05, 4.69) is 31.3 Å². The van der Waals surface area contributed by atoms with E-state index in [1.54, 1.807) is 6.08 Å². The van der Waals surface area contributed by atoms with Gasteiger partial charge in [0.25, 0.3) is 0 Å². The molecule has 3 N–H and O–H groups in total. The molecular formula is C67H134N2O6P+. The Labute approximate surface area is 474 Å². The van der Waals surface area contributed by atoms with Crippen molar-refractivity contribution < 1.29 is 32.9 Å². The van der Waals surface area contributed by atoms with Gasteiger partial charge in [0, 0.05) is 6.42 Å². The normalized spacial score (nSPS) is 13.8. The summed E-state index contributed by atoms with van der Waals surface area (Å²) in [7, 11) is 1.57. The molecule has 0 fully saturated rings. The number of aliphatic hydroxyl groups excluding tert-OH is 1. The Morgan fingerprint density at radius 1 is 0.434 bits per heavy atom. The van der Waals surface area contributed by atoms with E-state index in [9.17, 15) is 19.4 Å². The zero-order chi connectivity index (χ0) is 55.6. The van der Waals surface area contributed by atoms with Gasteiger partial charge in [-0.1, -0.05) is 334 Å². The van der Waals surface area contributed by atoms with E-state index in [-0.39, 0.29) is 19.1 Å². The van der Waals surface area contributed by atoms with Crippen LogP contribution < -0.4 is 5.32 Å². The highest BCUT2D eigenvalue weighted by molar-refractivity contribution is 7.47. The molecule has 0 aromatic rings. The molecule has 0 spiro atoms. The molecule has 0 bridgehead atoms. The van der Waals surface area contributed by atoms with Gasteiger partial charge in [-0.05, 0) is 32.1 Å². The van der Waals surface area contributed by atoms with E-state index in [1.165, 1.54) is 289 Å². The van der Waals surface area contributed by atoms with Gasteiger partial charge in [0.05, 0.1) is 39.9 Å². The Bertz CT molecular complexity index is 1290. The van der Waals surface area contributed by atoms with Gasteiger partial charge in [-0.3, -0.25) is 13.8 Å². The summed E-state index contributed by atoms with van der Waals surface area (Å²) in [6.07, 6.45) is 76.2. The number of phosphoric ester groups is 1. The molecule has 0 radical (unpaired) electrons. The van der Waals surface area contributed by atoms with Crippen molar-refractivity contribution in [1.82, 2.24) is 5.32 Å². The number of amides is 1. The number of nitrogens with one attached hydrogen (secondary N) is 1. The summed E-state index contributed by atoms with van der Waals surface area (Å²) in [6.45, 7) is 4.85. The second-order valence-electron chi connectivity index (χ2n) is 24.6. The van der Waals surface area contributed by atoms with E-state index >= 15 is 0 Å². The Balaban J connectivity index is 4.03. The summed E-state index contributed by atoms with van der Waals surface area (Å²) >= 11 is 0. The zero-order valence-corrected chi connectivity index (χ0v) is 52.7. The minimum Gasteiger partial charge on any atom is -0.387 e. The minimum absolute atomic E-state index is 0.0590. The smallest absolute Gasteiger partial charge is 0.387 e. The molecule has 0 aliphatic rings. The largest absolute Gasteiger partial charge is 0.472 e. The molecule has 452 valence electrons. The molecule has 1 amide bonds. The van der Waals surface area contributed by atoms with Gasteiger partial charge in [-0.25, -0.2) is 4.57 Å². The maximum Gasteiger partial charge on any atom is 0.472 e. The van der Waals surface area contributed by atoms with E-state index in [4.69, 9.17) is 9.05 Å². The van der Waals surface area contributed by atoms with Gasteiger partial charge in [-0.2, -0.15) is 0 Å². The lowest BCUT2D eigenvalue weighted by Crippen LogP contribution is -2.45. The molecule has 0 aliphatic heterocycles. The lowest BCUT2D eigenvalue weighted by Gasteiger charge is -2.25. The van der Waals surface area contributed by atoms with Crippen molar-refractivity contribution >= 4 is 13.7 Å². The number of allylic oxidation sites excluding steroid dienone is 3. The highest BCUT2D eigenvalue weighted by Crippen LogP contribution is 2.43. The number of nitrogens with zero attached hydrogens (tertiary/aromatic N) is 1. The van der Waals surface area contributed by atoms with Gasteiger partial charge in [0.2, 0.25) is 5.91 Å². The van der Waals surface area contributed by atoms with Crippen molar-refractivity contribution in [3.8, 4) is 0 Å². The summed E-state index contributed by atoms with van der Waals surface area (Å²) < 4.78 is 23.8. The van der Waals surface area contributed by atoms with Crippen LogP contribution >= 0.6 is 7.82 Å². The summed E-state index contributed by atoms with van der Waals surface area (Å²) in [6, 6.07) is -0.861. The van der Waals surface area contributed by atoms with Crippen LogP contribution in [0.25, 0.3) is 0 Å². The van der Waals surface area contributed by atoms with E-state index in [0.717, 1.165) is 38.5 Å². The number of carbonyl (C=O) groups excluding carboxylic acids is 1. The minimum atomic E-state index is -4.36. The molecule has 0 aromatic carbocycles. The van der Waals surface area contributed by atoms with Crippen molar-refractivity contribution in [2.24, 2.45) is 0 Å². The van der Waals surface area contributed by atoms with Gasteiger partial charge in [-0.15, -0.1) is 0 Å². The first-order valence-corrected chi connectivity index (χ1v) is 35.2. The second kappa shape index (κ2) is 58.6. The number of hydrogen-bond acceptors (Lipinski definition) is 5.